The first kappa shape index (κ1) is 35.9. The highest BCUT2D eigenvalue weighted by molar-refractivity contribution is 7.13. The van der Waals surface area contributed by atoms with Gasteiger partial charge >= 0.3 is 0 Å². The largest absolute Gasteiger partial charge is 0.391 e. The summed E-state index contributed by atoms with van der Waals surface area (Å²) >= 11 is 1.58. The summed E-state index contributed by atoms with van der Waals surface area (Å²) in [4.78, 5) is 62.1. The van der Waals surface area contributed by atoms with E-state index in [1.165, 1.54) is 4.90 Å². The van der Waals surface area contributed by atoms with Crippen molar-refractivity contribution in [2.75, 3.05) is 32.7 Å². The molecular formula is C36H52N6O5S. The van der Waals surface area contributed by atoms with E-state index in [9.17, 15) is 24.3 Å². The quantitative estimate of drug-likeness (QED) is 0.266. The molecule has 3 saturated heterocycles. The van der Waals surface area contributed by atoms with Crippen molar-refractivity contribution in [1.82, 2.24) is 30.7 Å². The summed E-state index contributed by atoms with van der Waals surface area (Å²) in [5.74, 6) is -0.843. The van der Waals surface area contributed by atoms with Gasteiger partial charge in [-0.25, -0.2) is 4.98 Å². The number of benzene rings is 1. The van der Waals surface area contributed by atoms with Crippen LogP contribution in [-0.2, 0) is 19.2 Å². The Morgan fingerprint density at radius 2 is 1.73 bits per heavy atom. The molecule has 4 N–H and O–H groups in total. The van der Waals surface area contributed by atoms with Crippen molar-refractivity contribution in [1.29, 1.82) is 0 Å². The number of thiazole rings is 1. The van der Waals surface area contributed by atoms with Crippen LogP contribution in [0.15, 0.2) is 29.8 Å². The van der Waals surface area contributed by atoms with Gasteiger partial charge < -0.3 is 30.9 Å². The Kier molecular flexibility index (Phi) is 11.3. The topological polar surface area (TPSA) is 144 Å². The number of β-amino-alcohol motifs (C(OH)–C–C–N with tert-alkyl or cyclic N) is 1. The van der Waals surface area contributed by atoms with Gasteiger partial charge in [0.15, 0.2) is 0 Å². The molecule has 0 aliphatic carbocycles. The predicted molar refractivity (Wildman–Crippen MR) is 186 cm³/mol. The predicted octanol–water partition coefficient (Wildman–Crippen LogP) is 3.56. The van der Waals surface area contributed by atoms with E-state index < -0.39 is 23.6 Å². The van der Waals surface area contributed by atoms with Crippen LogP contribution in [0.1, 0.15) is 89.9 Å². The third kappa shape index (κ3) is 8.44. The van der Waals surface area contributed by atoms with Crippen LogP contribution in [-0.4, -0.2) is 94.4 Å². The fraction of sp³-hybridized carbons (Fsp3) is 0.639. The molecule has 4 amide bonds. The monoisotopic (exact) mass is 680 g/mol. The summed E-state index contributed by atoms with van der Waals surface area (Å²) in [5.41, 5.74) is 4.53. The van der Waals surface area contributed by atoms with E-state index in [0.29, 0.717) is 24.7 Å². The molecule has 0 saturated carbocycles. The SMILES string of the molecule is Cc1ncsc1-c1ccc([C@H](C)NC(=O)[C@@H]2C[C@@H](O)CN2C(=O)C(NC(=O)CCCCC(=O)N2CCC3(CC2)CNC3)C(C)(C)C)cc1. The van der Waals surface area contributed by atoms with Crippen LogP contribution >= 0.6 is 11.3 Å². The number of nitrogens with one attached hydrogen (secondary N) is 3. The molecule has 1 spiro atoms. The van der Waals surface area contributed by atoms with Crippen LogP contribution < -0.4 is 16.0 Å². The number of piperidine rings is 1. The maximum absolute atomic E-state index is 13.9. The standard InChI is InChI=1S/C36H52N6O5S/c1-23(25-10-12-26(13-11-25)31-24(2)38-22-48-31)39-33(46)28-18-27(43)19-42(28)34(47)32(35(3,4)5)40-29(44)8-6-7-9-30(45)41-16-14-36(15-17-41)20-37-21-36/h10-13,22-23,27-28,32,37,43H,6-9,14-21H2,1-5H3,(H,39,46)(H,40,44)/t23-,27+,28-,32?/m0/s1. The van der Waals surface area contributed by atoms with E-state index in [-0.39, 0.29) is 49.1 Å². The van der Waals surface area contributed by atoms with Crippen LogP contribution in [0.5, 0.6) is 0 Å². The van der Waals surface area contributed by atoms with Gasteiger partial charge in [0.25, 0.3) is 0 Å². The number of carbonyl (C=O) groups is 4. The number of aromatic nitrogens is 1. The first-order chi connectivity index (χ1) is 22.8. The zero-order valence-electron chi connectivity index (χ0n) is 29.0. The Hall–Kier alpha value is -3.35. The third-order valence-corrected chi connectivity index (χ3v) is 11.3. The Balaban J connectivity index is 1.12. The number of rotatable bonds is 11. The number of hydrogen-bond acceptors (Lipinski definition) is 8. The molecule has 48 heavy (non-hydrogen) atoms. The van der Waals surface area contributed by atoms with Crippen molar-refractivity contribution in [2.45, 2.75) is 104 Å². The number of likely N-dealkylation sites (tertiary alicyclic amines) is 2. The van der Waals surface area contributed by atoms with Crippen LogP contribution in [0, 0.1) is 17.8 Å². The average molecular weight is 681 g/mol. The minimum Gasteiger partial charge on any atom is -0.391 e. The normalized spacial score (nSPS) is 21.8. The van der Waals surface area contributed by atoms with Crippen LogP contribution in [0.25, 0.3) is 10.4 Å². The molecule has 0 bridgehead atoms. The van der Waals surface area contributed by atoms with Gasteiger partial charge in [-0.2, -0.15) is 0 Å². The number of aryl methyl sites for hydroxylation is 1. The van der Waals surface area contributed by atoms with Gasteiger partial charge in [-0.1, -0.05) is 45.0 Å². The lowest BCUT2D eigenvalue weighted by Crippen LogP contribution is -2.58. The van der Waals surface area contributed by atoms with Gasteiger partial charge in [-0.15, -0.1) is 11.3 Å². The molecule has 0 radical (unpaired) electrons. The molecule has 1 unspecified atom stereocenters. The second kappa shape index (κ2) is 15.0. The molecule has 1 aromatic heterocycles. The Morgan fingerprint density at radius 3 is 2.31 bits per heavy atom. The number of amides is 4. The van der Waals surface area contributed by atoms with E-state index in [0.717, 1.165) is 60.7 Å². The number of hydrogen-bond donors (Lipinski definition) is 4. The van der Waals surface area contributed by atoms with E-state index in [1.54, 1.807) is 11.3 Å². The van der Waals surface area contributed by atoms with Crippen molar-refractivity contribution in [3.05, 3.63) is 41.0 Å². The second-order valence-electron chi connectivity index (χ2n) is 15.1. The molecule has 5 rings (SSSR count). The molecule has 4 heterocycles. The smallest absolute Gasteiger partial charge is 0.246 e. The van der Waals surface area contributed by atoms with Gasteiger partial charge in [0.05, 0.1) is 28.2 Å². The minimum atomic E-state index is -0.880. The van der Waals surface area contributed by atoms with Crippen LogP contribution in [0.2, 0.25) is 0 Å². The number of aliphatic hydroxyl groups is 1. The summed E-state index contributed by atoms with van der Waals surface area (Å²) in [5, 5.41) is 19.8. The summed E-state index contributed by atoms with van der Waals surface area (Å²) in [6.45, 7) is 13.2. The molecule has 2 aromatic rings. The van der Waals surface area contributed by atoms with Crippen molar-refractivity contribution in [3.8, 4) is 10.4 Å². The highest BCUT2D eigenvalue weighted by atomic mass is 32.1. The Labute approximate surface area is 288 Å². The van der Waals surface area contributed by atoms with Crippen molar-refractivity contribution < 1.29 is 24.3 Å². The summed E-state index contributed by atoms with van der Waals surface area (Å²) in [7, 11) is 0. The first-order valence-electron chi connectivity index (χ1n) is 17.3. The first-order valence-corrected chi connectivity index (χ1v) is 18.2. The summed E-state index contributed by atoms with van der Waals surface area (Å²) in [6.07, 6.45) is 3.15. The van der Waals surface area contributed by atoms with E-state index >= 15 is 0 Å². The number of nitrogens with zero attached hydrogens (tertiary/aromatic N) is 3. The number of aliphatic hydroxyl groups excluding tert-OH is 1. The molecule has 1 aromatic carbocycles. The van der Waals surface area contributed by atoms with E-state index in [1.807, 2.05) is 69.3 Å². The lowest BCUT2D eigenvalue weighted by atomic mass is 9.73. The van der Waals surface area contributed by atoms with E-state index in [2.05, 4.69) is 20.9 Å². The summed E-state index contributed by atoms with van der Waals surface area (Å²) in [6, 6.07) is 5.92. The summed E-state index contributed by atoms with van der Waals surface area (Å²) < 4.78 is 0. The van der Waals surface area contributed by atoms with Crippen molar-refractivity contribution in [2.24, 2.45) is 10.8 Å². The Bertz CT molecular complexity index is 1460. The van der Waals surface area contributed by atoms with Gasteiger partial charge in [-0.3, -0.25) is 19.2 Å². The van der Waals surface area contributed by atoms with Gasteiger partial charge in [0, 0.05) is 52.0 Å². The molecule has 262 valence electrons. The molecular weight excluding hydrogens is 628 g/mol. The fourth-order valence-corrected chi connectivity index (χ4v) is 7.84. The third-order valence-electron chi connectivity index (χ3n) is 10.3. The average Bonchev–Trinajstić information content (AvgIpc) is 3.65. The highest BCUT2D eigenvalue weighted by Crippen LogP contribution is 2.35. The Morgan fingerprint density at radius 1 is 1.06 bits per heavy atom. The molecule has 3 aliphatic heterocycles. The fourth-order valence-electron chi connectivity index (χ4n) is 7.03. The number of carbonyl (C=O) groups excluding carboxylic acids is 4. The lowest BCUT2D eigenvalue weighted by Gasteiger charge is -2.48. The van der Waals surface area contributed by atoms with Crippen LogP contribution in [0.3, 0.4) is 0 Å². The highest BCUT2D eigenvalue weighted by Gasteiger charge is 2.45. The van der Waals surface area contributed by atoms with Crippen molar-refractivity contribution in [3.63, 3.8) is 0 Å². The lowest BCUT2D eigenvalue weighted by molar-refractivity contribution is -0.144. The maximum Gasteiger partial charge on any atom is 0.246 e. The van der Waals surface area contributed by atoms with E-state index in [4.69, 9.17) is 0 Å². The molecule has 4 atom stereocenters. The van der Waals surface area contributed by atoms with Crippen LogP contribution in [0.4, 0.5) is 0 Å². The zero-order chi connectivity index (χ0) is 34.6. The van der Waals surface area contributed by atoms with Gasteiger partial charge in [0.2, 0.25) is 23.6 Å². The number of unbranched alkanes of at least 4 members (excludes halogenated alkanes) is 1. The molecule has 12 heteroatoms. The van der Waals surface area contributed by atoms with Gasteiger partial charge in [0.1, 0.15) is 12.1 Å². The molecule has 11 nitrogen and oxygen atoms in total. The second-order valence-corrected chi connectivity index (χ2v) is 15.9. The molecule has 3 aliphatic rings. The van der Waals surface area contributed by atoms with Crippen molar-refractivity contribution >= 4 is 35.0 Å². The zero-order valence-corrected chi connectivity index (χ0v) is 29.8. The maximum atomic E-state index is 13.9. The van der Waals surface area contributed by atoms with Gasteiger partial charge in [-0.05, 0) is 61.5 Å². The molecule has 3 fully saturated rings. The minimum absolute atomic E-state index is 0.0207.